The van der Waals surface area contributed by atoms with E-state index >= 15 is 0 Å². The number of hydrogen-bond donors (Lipinski definition) is 1. The van der Waals surface area contributed by atoms with Crippen molar-refractivity contribution >= 4 is 11.6 Å². The first-order chi connectivity index (χ1) is 14.1. The molecule has 0 spiro atoms. The molecule has 1 N–H and O–H groups in total. The number of carbonyl (C=O) groups excluding carboxylic acids is 1. The van der Waals surface area contributed by atoms with Gasteiger partial charge in [-0.15, -0.1) is 0 Å². The second-order valence-electron chi connectivity index (χ2n) is 6.87. The Morgan fingerprint density at radius 2 is 1.62 bits per heavy atom. The highest BCUT2D eigenvalue weighted by atomic mass is 16.5. The molecule has 0 aliphatic carbocycles. The number of nitrogens with zero attached hydrogens (tertiary/aromatic N) is 1. The van der Waals surface area contributed by atoms with Crippen LogP contribution in [0.4, 0.5) is 5.69 Å². The molecule has 150 valence electrons. The second-order valence-corrected chi connectivity index (χ2v) is 6.87. The van der Waals surface area contributed by atoms with Crippen LogP contribution >= 0.6 is 0 Å². The van der Waals surface area contributed by atoms with Gasteiger partial charge in [0.05, 0.1) is 13.7 Å². The van der Waals surface area contributed by atoms with E-state index in [0.29, 0.717) is 19.7 Å². The molecule has 0 aromatic heterocycles. The Morgan fingerprint density at radius 3 is 2.34 bits per heavy atom. The number of carbonyl (C=O) groups is 1. The molecule has 0 unspecified atom stereocenters. The first-order valence-corrected chi connectivity index (χ1v) is 9.50. The summed E-state index contributed by atoms with van der Waals surface area (Å²) in [4.78, 5) is 14.3. The molecular weight excluding hydrogens is 364 g/mol. The van der Waals surface area contributed by atoms with Gasteiger partial charge in [0, 0.05) is 12.2 Å². The van der Waals surface area contributed by atoms with Gasteiger partial charge in [-0.1, -0.05) is 42.5 Å². The summed E-state index contributed by atoms with van der Waals surface area (Å²) in [6.45, 7) is 1.47. The number of amides is 1. The molecule has 3 aromatic carbocycles. The van der Waals surface area contributed by atoms with E-state index in [9.17, 15) is 4.79 Å². The van der Waals surface area contributed by atoms with Gasteiger partial charge < -0.3 is 14.8 Å². The van der Waals surface area contributed by atoms with E-state index in [-0.39, 0.29) is 5.91 Å². The summed E-state index contributed by atoms with van der Waals surface area (Å²) < 4.78 is 11.0. The Balaban J connectivity index is 1.46. The van der Waals surface area contributed by atoms with Crippen molar-refractivity contribution in [1.82, 2.24) is 4.90 Å². The number of rotatable bonds is 9. The molecule has 0 aliphatic heterocycles. The lowest BCUT2D eigenvalue weighted by Gasteiger charge is -2.17. The highest BCUT2D eigenvalue weighted by molar-refractivity contribution is 5.92. The summed E-state index contributed by atoms with van der Waals surface area (Å²) in [7, 11) is 3.56. The van der Waals surface area contributed by atoms with E-state index in [1.807, 2.05) is 90.8 Å². The molecule has 0 saturated carbocycles. The van der Waals surface area contributed by atoms with Gasteiger partial charge in [0.1, 0.15) is 18.1 Å². The third kappa shape index (κ3) is 6.66. The predicted octanol–water partition coefficient (Wildman–Crippen LogP) is 4.34. The van der Waals surface area contributed by atoms with Crippen molar-refractivity contribution in [3.63, 3.8) is 0 Å². The van der Waals surface area contributed by atoms with Gasteiger partial charge in [0.2, 0.25) is 5.91 Å². The molecule has 0 radical (unpaired) electrons. The van der Waals surface area contributed by atoms with Crippen LogP contribution in [-0.4, -0.2) is 31.5 Å². The molecule has 0 atom stereocenters. The van der Waals surface area contributed by atoms with E-state index in [0.717, 1.165) is 28.3 Å². The van der Waals surface area contributed by atoms with E-state index in [1.54, 1.807) is 7.11 Å². The fourth-order valence-electron chi connectivity index (χ4n) is 2.96. The quantitative estimate of drug-likeness (QED) is 0.590. The molecule has 1 amide bonds. The summed E-state index contributed by atoms with van der Waals surface area (Å²) in [5.74, 6) is 1.52. The lowest BCUT2D eigenvalue weighted by atomic mass is 10.2. The van der Waals surface area contributed by atoms with Crippen molar-refractivity contribution in [2.75, 3.05) is 26.0 Å². The Kier molecular flexibility index (Phi) is 7.25. The van der Waals surface area contributed by atoms with Crippen LogP contribution in [0, 0.1) is 0 Å². The van der Waals surface area contributed by atoms with Crippen LogP contribution < -0.4 is 14.8 Å². The average molecular weight is 390 g/mol. The van der Waals surface area contributed by atoms with Crippen molar-refractivity contribution in [1.29, 1.82) is 0 Å². The summed E-state index contributed by atoms with van der Waals surface area (Å²) >= 11 is 0. The second kappa shape index (κ2) is 10.3. The summed E-state index contributed by atoms with van der Waals surface area (Å²) in [5.41, 5.74) is 2.96. The number of benzene rings is 3. The zero-order chi connectivity index (χ0) is 20.5. The van der Waals surface area contributed by atoms with Crippen molar-refractivity contribution in [2.24, 2.45) is 0 Å². The summed E-state index contributed by atoms with van der Waals surface area (Å²) in [6, 6.07) is 25.3. The Bertz CT molecular complexity index is 911. The van der Waals surface area contributed by atoms with Crippen LogP contribution in [0.15, 0.2) is 78.9 Å². The maximum Gasteiger partial charge on any atom is 0.238 e. The molecule has 5 heteroatoms. The molecular formula is C24H26N2O3. The van der Waals surface area contributed by atoms with Crippen molar-refractivity contribution in [3.8, 4) is 11.5 Å². The van der Waals surface area contributed by atoms with Crippen molar-refractivity contribution in [3.05, 3.63) is 90.0 Å². The molecule has 3 aromatic rings. The van der Waals surface area contributed by atoms with Gasteiger partial charge in [-0.05, 0) is 54.6 Å². The minimum atomic E-state index is -0.0617. The molecule has 0 saturated heterocycles. The largest absolute Gasteiger partial charge is 0.497 e. The number of likely N-dealkylation sites (N-methyl/N-ethyl adjacent to an activating group) is 1. The Labute approximate surface area is 171 Å². The third-order valence-electron chi connectivity index (χ3n) is 4.39. The third-order valence-corrected chi connectivity index (χ3v) is 4.39. The Hall–Kier alpha value is -3.31. The summed E-state index contributed by atoms with van der Waals surface area (Å²) in [6.07, 6.45) is 0. The number of nitrogens with one attached hydrogen (secondary N) is 1. The highest BCUT2D eigenvalue weighted by Gasteiger charge is 2.08. The summed E-state index contributed by atoms with van der Waals surface area (Å²) in [5, 5.41) is 2.92. The van der Waals surface area contributed by atoms with Crippen molar-refractivity contribution < 1.29 is 14.3 Å². The van der Waals surface area contributed by atoms with Gasteiger partial charge in [-0.3, -0.25) is 9.69 Å². The molecule has 3 rings (SSSR count). The van der Waals surface area contributed by atoms with Crippen molar-refractivity contribution in [2.45, 2.75) is 13.2 Å². The normalized spacial score (nSPS) is 10.6. The van der Waals surface area contributed by atoms with Crippen LogP contribution in [0.3, 0.4) is 0 Å². The fraction of sp³-hybridized carbons (Fsp3) is 0.208. The molecule has 0 fully saturated rings. The molecule has 0 heterocycles. The maximum absolute atomic E-state index is 12.3. The molecule has 29 heavy (non-hydrogen) atoms. The van der Waals surface area contributed by atoms with Crippen LogP contribution in [0.5, 0.6) is 11.5 Å². The van der Waals surface area contributed by atoms with Crippen LogP contribution in [-0.2, 0) is 17.9 Å². The van der Waals surface area contributed by atoms with E-state index in [2.05, 4.69) is 5.32 Å². The molecule has 0 aliphatic rings. The predicted molar refractivity (Wildman–Crippen MR) is 115 cm³/mol. The smallest absolute Gasteiger partial charge is 0.238 e. The fourth-order valence-corrected chi connectivity index (χ4v) is 2.96. The van der Waals surface area contributed by atoms with E-state index in [1.165, 1.54) is 0 Å². The van der Waals surface area contributed by atoms with Gasteiger partial charge in [0.15, 0.2) is 0 Å². The maximum atomic E-state index is 12.3. The SMILES string of the molecule is COc1cccc(CN(C)CC(=O)Nc2ccc(OCc3ccccc3)cc2)c1. The monoisotopic (exact) mass is 390 g/mol. The van der Waals surface area contributed by atoms with Gasteiger partial charge >= 0.3 is 0 Å². The topological polar surface area (TPSA) is 50.8 Å². The minimum Gasteiger partial charge on any atom is -0.497 e. The Morgan fingerprint density at radius 1 is 0.897 bits per heavy atom. The molecule has 0 bridgehead atoms. The number of hydrogen-bond acceptors (Lipinski definition) is 4. The van der Waals surface area contributed by atoms with E-state index in [4.69, 9.17) is 9.47 Å². The lowest BCUT2D eigenvalue weighted by Crippen LogP contribution is -2.29. The zero-order valence-electron chi connectivity index (χ0n) is 16.8. The van der Waals surface area contributed by atoms with Gasteiger partial charge in [-0.25, -0.2) is 0 Å². The first-order valence-electron chi connectivity index (χ1n) is 9.50. The van der Waals surface area contributed by atoms with Crippen LogP contribution in [0.1, 0.15) is 11.1 Å². The van der Waals surface area contributed by atoms with E-state index < -0.39 is 0 Å². The number of methoxy groups -OCH3 is 1. The lowest BCUT2D eigenvalue weighted by molar-refractivity contribution is -0.117. The van der Waals surface area contributed by atoms with Crippen LogP contribution in [0.2, 0.25) is 0 Å². The van der Waals surface area contributed by atoms with Gasteiger partial charge in [0.25, 0.3) is 0 Å². The minimum absolute atomic E-state index is 0.0617. The number of ether oxygens (including phenoxy) is 2. The average Bonchev–Trinajstić information content (AvgIpc) is 2.74. The highest BCUT2D eigenvalue weighted by Crippen LogP contribution is 2.17. The number of anilines is 1. The molecule has 5 nitrogen and oxygen atoms in total. The first kappa shape index (κ1) is 20.4. The van der Waals surface area contributed by atoms with Crippen LogP contribution in [0.25, 0.3) is 0 Å². The zero-order valence-corrected chi connectivity index (χ0v) is 16.8. The standard InChI is InChI=1S/C24H26N2O3/c1-26(16-20-9-6-10-23(15-20)28-2)17-24(27)25-21-11-13-22(14-12-21)29-18-19-7-4-3-5-8-19/h3-15H,16-18H2,1-2H3,(H,25,27). The van der Waals surface area contributed by atoms with Gasteiger partial charge in [-0.2, -0.15) is 0 Å².